The van der Waals surface area contributed by atoms with Gasteiger partial charge >= 0.3 is 0 Å². The SMILES string of the molecule is CC.CC(C)c1ccc2c(ccc(=O)n2C)c1. The van der Waals surface area contributed by atoms with Crippen LogP contribution in [-0.4, -0.2) is 4.57 Å². The predicted molar refractivity (Wildman–Crippen MR) is 74.6 cm³/mol. The zero-order valence-electron chi connectivity index (χ0n) is 11.3. The number of aromatic nitrogens is 1. The molecule has 2 rings (SSSR count). The summed E-state index contributed by atoms with van der Waals surface area (Å²) in [4.78, 5) is 11.4. The van der Waals surface area contributed by atoms with E-state index < -0.39 is 0 Å². The number of benzene rings is 1. The lowest BCUT2D eigenvalue weighted by Gasteiger charge is -2.08. The lowest BCUT2D eigenvalue weighted by Crippen LogP contribution is -2.14. The number of hydrogen-bond donors (Lipinski definition) is 0. The Hall–Kier alpha value is -1.57. The maximum Gasteiger partial charge on any atom is 0.250 e. The molecule has 1 heterocycles. The predicted octanol–water partition coefficient (Wildman–Crippen LogP) is 3.69. The highest BCUT2D eigenvalue weighted by molar-refractivity contribution is 5.79. The van der Waals surface area contributed by atoms with E-state index in [-0.39, 0.29) is 5.56 Å². The fourth-order valence-corrected chi connectivity index (χ4v) is 1.76. The van der Waals surface area contributed by atoms with Crippen LogP contribution in [0.3, 0.4) is 0 Å². The van der Waals surface area contributed by atoms with Crippen molar-refractivity contribution in [2.75, 3.05) is 0 Å². The largest absolute Gasteiger partial charge is 0.311 e. The summed E-state index contributed by atoms with van der Waals surface area (Å²) in [5.41, 5.74) is 2.34. The number of pyridine rings is 1. The second-order valence-electron chi connectivity index (χ2n) is 4.20. The molecule has 0 N–H and O–H groups in total. The van der Waals surface area contributed by atoms with Gasteiger partial charge in [0.15, 0.2) is 0 Å². The summed E-state index contributed by atoms with van der Waals surface area (Å²) in [6, 6.07) is 9.77. The van der Waals surface area contributed by atoms with Crippen molar-refractivity contribution >= 4 is 10.9 Å². The molecule has 0 aliphatic rings. The molecule has 0 saturated carbocycles. The molecule has 0 aliphatic carbocycles. The Labute approximate surface area is 103 Å². The average Bonchev–Trinajstić information content (AvgIpc) is 2.36. The Morgan fingerprint density at radius 2 is 1.71 bits per heavy atom. The topological polar surface area (TPSA) is 22.0 Å². The van der Waals surface area contributed by atoms with Gasteiger partial charge in [0, 0.05) is 13.1 Å². The standard InChI is InChI=1S/C13H15NO.C2H6/c1-9(2)10-4-6-12-11(8-10)5-7-13(15)14(12)3;1-2/h4-9H,1-3H3;1-2H3. The van der Waals surface area contributed by atoms with Gasteiger partial charge in [-0.25, -0.2) is 0 Å². The van der Waals surface area contributed by atoms with Crippen molar-refractivity contribution in [2.45, 2.75) is 33.6 Å². The van der Waals surface area contributed by atoms with Crippen LogP contribution < -0.4 is 5.56 Å². The first-order valence-electron chi connectivity index (χ1n) is 6.19. The molecule has 0 atom stereocenters. The average molecular weight is 231 g/mol. The maximum absolute atomic E-state index is 11.4. The third kappa shape index (κ3) is 2.76. The monoisotopic (exact) mass is 231 g/mol. The molecule has 0 fully saturated rings. The van der Waals surface area contributed by atoms with Gasteiger partial charge in [-0.15, -0.1) is 0 Å². The highest BCUT2D eigenvalue weighted by atomic mass is 16.1. The van der Waals surface area contributed by atoms with Gasteiger partial charge in [-0.2, -0.15) is 0 Å². The minimum absolute atomic E-state index is 0.0415. The van der Waals surface area contributed by atoms with E-state index in [0.717, 1.165) is 10.9 Å². The van der Waals surface area contributed by atoms with Gasteiger partial charge in [0.25, 0.3) is 5.56 Å². The fourth-order valence-electron chi connectivity index (χ4n) is 1.76. The molecular formula is C15H21NO. The molecule has 17 heavy (non-hydrogen) atoms. The first-order valence-corrected chi connectivity index (χ1v) is 6.19. The summed E-state index contributed by atoms with van der Waals surface area (Å²) in [6.45, 7) is 8.34. The molecule has 0 spiro atoms. The molecular weight excluding hydrogens is 210 g/mol. The number of aryl methyl sites for hydroxylation is 1. The molecule has 0 aliphatic heterocycles. The van der Waals surface area contributed by atoms with Gasteiger partial charge in [-0.05, 0) is 35.1 Å². The van der Waals surface area contributed by atoms with Gasteiger partial charge in [0.1, 0.15) is 0 Å². The molecule has 0 radical (unpaired) electrons. The zero-order chi connectivity index (χ0) is 13.0. The highest BCUT2D eigenvalue weighted by Crippen LogP contribution is 2.19. The van der Waals surface area contributed by atoms with Gasteiger partial charge < -0.3 is 4.57 Å². The minimum Gasteiger partial charge on any atom is -0.311 e. The van der Waals surface area contributed by atoms with Crippen molar-refractivity contribution in [2.24, 2.45) is 7.05 Å². The zero-order valence-corrected chi connectivity index (χ0v) is 11.3. The minimum atomic E-state index is 0.0415. The molecule has 0 saturated heterocycles. The maximum atomic E-state index is 11.4. The van der Waals surface area contributed by atoms with Crippen LogP contribution in [0, 0.1) is 0 Å². The molecule has 0 amide bonds. The van der Waals surface area contributed by atoms with Crippen LogP contribution in [0.2, 0.25) is 0 Å². The summed E-state index contributed by atoms with van der Waals surface area (Å²) >= 11 is 0. The summed E-state index contributed by atoms with van der Waals surface area (Å²) in [7, 11) is 1.81. The van der Waals surface area contributed by atoms with Gasteiger partial charge in [0.05, 0.1) is 5.52 Å². The van der Waals surface area contributed by atoms with E-state index in [1.54, 1.807) is 17.7 Å². The van der Waals surface area contributed by atoms with Crippen LogP contribution in [0.5, 0.6) is 0 Å². The van der Waals surface area contributed by atoms with Crippen LogP contribution in [0.1, 0.15) is 39.2 Å². The Morgan fingerprint density at radius 1 is 1.06 bits per heavy atom. The summed E-state index contributed by atoms with van der Waals surface area (Å²) < 4.78 is 1.68. The van der Waals surface area contributed by atoms with Crippen molar-refractivity contribution in [1.29, 1.82) is 0 Å². The Morgan fingerprint density at radius 3 is 2.29 bits per heavy atom. The summed E-state index contributed by atoms with van der Waals surface area (Å²) in [5.74, 6) is 0.520. The van der Waals surface area contributed by atoms with Crippen molar-refractivity contribution in [3.63, 3.8) is 0 Å². The normalized spacial score (nSPS) is 10.2. The van der Waals surface area contributed by atoms with E-state index in [0.29, 0.717) is 5.92 Å². The lowest BCUT2D eigenvalue weighted by molar-refractivity contribution is 0.864. The van der Waals surface area contributed by atoms with E-state index in [4.69, 9.17) is 0 Å². The second-order valence-corrected chi connectivity index (χ2v) is 4.20. The summed E-state index contributed by atoms with van der Waals surface area (Å²) in [5, 5.41) is 1.13. The Balaban J connectivity index is 0.000000686. The Kier molecular flexibility index (Phi) is 4.50. The van der Waals surface area contributed by atoms with Crippen LogP contribution >= 0.6 is 0 Å². The van der Waals surface area contributed by atoms with Crippen molar-refractivity contribution in [1.82, 2.24) is 4.57 Å². The van der Waals surface area contributed by atoms with Crippen molar-refractivity contribution in [3.05, 3.63) is 46.2 Å². The van der Waals surface area contributed by atoms with Crippen LogP contribution in [-0.2, 0) is 7.05 Å². The Bertz CT molecular complexity index is 552. The van der Waals surface area contributed by atoms with Crippen molar-refractivity contribution < 1.29 is 0 Å². The highest BCUT2D eigenvalue weighted by Gasteiger charge is 2.02. The number of hydrogen-bond acceptors (Lipinski definition) is 1. The third-order valence-corrected chi connectivity index (χ3v) is 2.82. The molecule has 1 aromatic carbocycles. The van der Waals surface area contributed by atoms with Crippen molar-refractivity contribution in [3.8, 4) is 0 Å². The molecule has 0 unspecified atom stereocenters. The van der Waals surface area contributed by atoms with Crippen LogP contribution in [0.4, 0.5) is 0 Å². The van der Waals surface area contributed by atoms with Gasteiger partial charge in [-0.3, -0.25) is 4.79 Å². The molecule has 92 valence electrons. The number of nitrogens with zero attached hydrogens (tertiary/aromatic N) is 1. The summed E-state index contributed by atoms with van der Waals surface area (Å²) in [6.07, 6.45) is 0. The molecule has 2 aromatic rings. The number of rotatable bonds is 1. The third-order valence-electron chi connectivity index (χ3n) is 2.82. The number of fused-ring (bicyclic) bond motifs is 1. The first-order chi connectivity index (χ1) is 8.09. The van der Waals surface area contributed by atoms with Crippen LogP contribution in [0.25, 0.3) is 10.9 Å². The smallest absolute Gasteiger partial charge is 0.250 e. The van der Waals surface area contributed by atoms with E-state index in [9.17, 15) is 4.79 Å². The van der Waals surface area contributed by atoms with E-state index >= 15 is 0 Å². The first kappa shape index (κ1) is 13.5. The van der Waals surface area contributed by atoms with E-state index in [1.807, 2.05) is 26.0 Å². The van der Waals surface area contributed by atoms with E-state index in [2.05, 4.69) is 26.0 Å². The van der Waals surface area contributed by atoms with Gasteiger partial charge in [-0.1, -0.05) is 33.8 Å². The quantitative estimate of drug-likeness (QED) is 0.733. The fraction of sp³-hybridized carbons (Fsp3) is 0.400. The molecule has 1 aromatic heterocycles. The molecule has 2 nitrogen and oxygen atoms in total. The van der Waals surface area contributed by atoms with E-state index in [1.165, 1.54) is 5.56 Å². The lowest BCUT2D eigenvalue weighted by atomic mass is 10.0. The molecule has 2 heteroatoms. The van der Waals surface area contributed by atoms with Crippen LogP contribution in [0.15, 0.2) is 35.1 Å². The molecule has 0 bridgehead atoms. The second kappa shape index (κ2) is 5.67. The van der Waals surface area contributed by atoms with Gasteiger partial charge in [0.2, 0.25) is 0 Å².